The van der Waals surface area contributed by atoms with Gasteiger partial charge in [0.15, 0.2) is 0 Å². The van der Waals surface area contributed by atoms with Crippen LogP contribution in [0.5, 0.6) is 0 Å². The molecule has 27 heavy (non-hydrogen) atoms. The molecule has 0 aliphatic carbocycles. The summed E-state index contributed by atoms with van der Waals surface area (Å²) in [5, 5.41) is 3.04. The molecule has 3 heterocycles. The molecule has 5 rings (SSSR count). The summed E-state index contributed by atoms with van der Waals surface area (Å²) in [6, 6.07) is 18.0. The molecule has 5 heteroatoms. The zero-order chi connectivity index (χ0) is 18.6. The molecule has 138 valence electrons. The van der Waals surface area contributed by atoms with Gasteiger partial charge >= 0.3 is 5.97 Å². The van der Waals surface area contributed by atoms with E-state index in [9.17, 15) is 9.59 Å². The number of carbonyl (C=O) groups is 2. The highest BCUT2D eigenvalue weighted by Gasteiger charge is 2.69. The van der Waals surface area contributed by atoms with E-state index in [0.717, 1.165) is 36.2 Å². The van der Waals surface area contributed by atoms with Crippen molar-refractivity contribution in [1.82, 2.24) is 4.90 Å². The first-order chi connectivity index (χ1) is 13.2. The average Bonchev–Trinajstić information content (AvgIpc) is 3.35. The minimum Gasteiger partial charge on any atom is -0.469 e. The van der Waals surface area contributed by atoms with E-state index in [0.29, 0.717) is 0 Å². The third-order valence-corrected chi connectivity index (χ3v) is 6.55. The molecule has 0 saturated carbocycles. The van der Waals surface area contributed by atoms with Crippen molar-refractivity contribution < 1.29 is 14.3 Å². The number of amides is 1. The van der Waals surface area contributed by atoms with Crippen molar-refractivity contribution >= 4 is 17.6 Å². The van der Waals surface area contributed by atoms with Crippen LogP contribution in [-0.2, 0) is 19.9 Å². The zero-order valence-corrected chi connectivity index (χ0v) is 15.2. The molecule has 1 amide bonds. The summed E-state index contributed by atoms with van der Waals surface area (Å²) < 4.78 is 5.26. The van der Waals surface area contributed by atoms with Gasteiger partial charge in [0, 0.05) is 23.2 Å². The Balaban J connectivity index is 1.78. The van der Waals surface area contributed by atoms with Crippen LogP contribution in [0.3, 0.4) is 0 Å². The fourth-order valence-corrected chi connectivity index (χ4v) is 5.66. The quantitative estimate of drug-likeness (QED) is 0.835. The first-order valence-electron chi connectivity index (χ1n) is 9.50. The Morgan fingerprint density at radius 1 is 1.15 bits per heavy atom. The van der Waals surface area contributed by atoms with E-state index < -0.39 is 11.5 Å². The van der Waals surface area contributed by atoms with Crippen LogP contribution in [0.1, 0.15) is 29.9 Å². The number of fused-ring (bicyclic) bond motifs is 4. The number of nitrogens with one attached hydrogen (secondary N) is 1. The molecule has 2 saturated heterocycles. The van der Waals surface area contributed by atoms with E-state index in [4.69, 9.17) is 4.74 Å². The molecule has 0 aromatic heterocycles. The number of methoxy groups -OCH3 is 1. The Bertz CT molecular complexity index is 913. The van der Waals surface area contributed by atoms with Crippen LogP contribution in [0.4, 0.5) is 5.69 Å². The molecule has 3 aliphatic rings. The van der Waals surface area contributed by atoms with Crippen molar-refractivity contribution in [2.45, 2.75) is 30.3 Å². The topological polar surface area (TPSA) is 58.6 Å². The molecule has 2 aromatic carbocycles. The largest absolute Gasteiger partial charge is 0.469 e. The number of hydrogen-bond acceptors (Lipinski definition) is 4. The second kappa shape index (κ2) is 5.92. The number of anilines is 1. The summed E-state index contributed by atoms with van der Waals surface area (Å²) in [6.07, 6.45) is 2.00. The Labute approximate surface area is 158 Å². The molecular formula is C22H22N2O3. The van der Waals surface area contributed by atoms with Gasteiger partial charge in [0.25, 0.3) is 5.91 Å². The van der Waals surface area contributed by atoms with Crippen molar-refractivity contribution in [3.63, 3.8) is 0 Å². The van der Waals surface area contributed by atoms with Crippen molar-refractivity contribution in [3.8, 4) is 0 Å². The lowest BCUT2D eigenvalue weighted by Gasteiger charge is -2.36. The maximum absolute atomic E-state index is 13.4. The molecule has 0 bridgehead atoms. The van der Waals surface area contributed by atoms with E-state index in [-0.39, 0.29) is 23.8 Å². The summed E-state index contributed by atoms with van der Waals surface area (Å²) in [5.41, 5.74) is 1.80. The number of carbonyl (C=O) groups excluding carboxylic acids is 2. The minimum absolute atomic E-state index is 0.0712. The smallest absolute Gasteiger partial charge is 0.312 e. The summed E-state index contributed by atoms with van der Waals surface area (Å²) in [5.74, 6) is -1.06. The van der Waals surface area contributed by atoms with Gasteiger partial charge in [0.2, 0.25) is 0 Å². The number of rotatable bonds is 2. The van der Waals surface area contributed by atoms with Crippen molar-refractivity contribution in [2.75, 3.05) is 19.0 Å². The van der Waals surface area contributed by atoms with Gasteiger partial charge in [0.1, 0.15) is 5.54 Å². The minimum atomic E-state index is -0.995. The van der Waals surface area contributed by atoms with E-state index in [1.807, 2.05) is 42.5 Å². The maximum Gasteiger partial charge on any atom is 0.312 e. The van der Waals surface area contributed by atoms with Gasteiger partial charge in [-0.15, -0.1) is 0 Å². The van der Waals surface area contributed by atoms with Crippen LogP contribution in [-0.4, -0.2) is 36.5 Å². The maximum atomic E-state index is 13.4. The van der Waals surface area contributed by atoms with Gasteiger partial charge in [-0.1, -0.05) is 48.5 Å². The van der Waals surface area contributed by atoms with E-state index in [2.05, 4.69) is 22.3 Å². The molecule has 3 aliphatic heterocycles. The monoisotopic (exact) mass is 362 g/mol. The molecular weight excluding hydrogens is 340 g/mol. The van der Waals surface area contributed by atoms with Gasteiger partial charge in [-0.3, -0.25) is 14.5 Å². The Morgan fingerprint density at radius 3 is 2.67 bits per heavy atom. The lowest BCUT2D eigenvalue weighted by molar-refractivity contribution is -0.153. The lowest BCUT2D eigenvalue weighted by atomic mass is 9.72. The fourth-order valence-electron chi connectivity index (χ4n) is 5.66. The van der Waals surface area contributed by atoms with Gasteiger partial charge in [-0.05, 0) is 31.0 Å². The van der Waals surface area contributed by atoms with Crippen LogP contribution < -0.4 is 5.32 Å². The van der Waals surface area contributed by atoms with Crippen LogP contribution in [0, 0.1) is 5.92 Å². The third kappa shape index (κ3) is 2.03. The van der Waals surface area contributed by atoms with Crippen molar-refractivity contribution in [1.29, 1.82) is 0 Å². The predicted octanol–water partition coefficient (Wildman–Crippen LogP) is 2.89. The lowest BCUT2D eigenvalue weighted by Crippen LogP contribution is -2.53. The van der Waals surface area contributed by atoms with Crippen molar-refractivity contribution in [2.24, 2.45) is 5.92 Å². The van der Waals surface area contributed by atoms with E-state index >= 15 is 0 Å². The number of benzene rings is 2. The molecule has 4 unspecified atom stereocenters. The molecule has 2 fully saturated rings. The van der Waals surface area contributed by atoms with Gasteiger partial charge in [-0.2, -0.15) is 0 Å². The second-order valence-electron chi connectivity index (χ2n) is 7.61. The number of hydrogen-bond donors (Lipinski definition) is 1. The zero-order valence-electron chi connectivity index (χ0n) is 15.2. The molecule has 4 atom stereocenters. The first-order valence-corrected chi connectivity index (χ1v) is 9.50. The average molecular weight is 362 g/mol. The van der Waals surface area contributed by atoms with Gasteiger partial charge in [0.05, 0.1) is 13.0 Å². The Morgan fingerprint density at radius 2 is 1.89 bits per heavy atom. The SMILES string of the molecule is COC(=O)C1C(c2ccccc2)C2CCCN2C12C(=O)Nc1ccccc12. The molecule has 0 radical (unpaired) electrons. The third-order valence-electron chi connectivity index (χ3n) is 6.55. The normalized spacial score (nSPS) is 31.6. The van der Waals surface area contributed by atoms with Gasteiger partial charge < -0.3 is 10.1 Å². The van der Waals surface area contributed by atoms with Crippen LogP contribution >= 0.6 is 0 Å². The number of ether oxygens (including phenoxy) is 1. The summed E-state index contributed by atoms with van der Waals surface area (Å²) >= 11 is 0. The van der Waals surface area contributed by atoms with Crippen molar-refractivity contribution in [3.05, 3.63) is 65.7 Å². The van der Waals surface area contributed by atoms with Crippen LogP contribution in [0.25, 0.3) is 0 Å². The summed E-state index contributed by atoms with van der Waals surface area (Å²) in [6.45, 7) is 0.809. The number of esters is 1. The van der Waals surface area contributed by atoms with E-state index in [1.165, 1.54) is 7.11 Å². The summed E-state index contributed by atoms with van der Waals surface area (Å²) in [7, 11) is 1.42. The Kier molecular flexibility index (Phi) is 3.62. The van der Waals surface area contributed by atoms with Crippen LogP contribution in [0.2, 0.25) is 0 Å². The molecule has 2 aromatic rings. The number of para-hydroxylation sites is 1. The van der Waals surface area contributed by atoms with E-state index in [1.54, 1.807) is 0 Å². The Hall–Kier alpha value is -2.66. The number of nitrogens with zero attached hydrogens (tertiary/aromatic N) is 1. The summed E-state index contributed by atoms with van der Waals surface area (Å²) in [4.78, 5) is 28.8. The highest BCUT2D eigenvalue weighted by atomic mass is 16.5. The second-order valence-corrected chi connectivity index (χ2v) is 7.61. The van der Waals surface area contributed by atoms with Crippen LogP contribution in [0.15, 0.2) is 54.6 Å². The standard InChI is InChI=1S/C22H22N2O3/c1-27-20(25)19-18(14-8-3-2-4-9-14)17-12-7-13-24(17)22(19)15-10-5-6-11-16(15)23-21(22)26/h2-6,8-11,17-19H,7,12-13H2,1H3,(H,23,26). The fraction of sp³-hybridized carbons (Fsp3) is 0.364. The highest BCUT2D eigenvalue weighted by Crippen LogP contribution is 2.60. The molecule has 5 nitrogen and oxygen atoms in total. The van der Waals surface area contributed by atoms with Gasteiger partial charge in [-0.25, -0.2) is 0 Å². The highest BCUT2D eigenvalue weighted by molar-refractivity contribution is 6.09. The first kappa shape index (κ1) is 16.5. The predicted molar refractivity (Wildman–Crippen MR) is 101 cm³/mol. The molecule has 1 N–H and O–H groups in total. The molecule has 1 spiro atoms.